The summed E-state index contributed by atoms with van der Waals surface area (Å²) in [5, 5.41) is 0. The van der Waals surface area contributed by atoms with Gasteiger partial charge < -0.3 is 10.6 Å². The second kappa shape index (κ2) is 4.34. The Morgan fingerprint density at radius 2 is 2.24 bits per heavy atom. The number of rotatable bonds is 4. The summed E-state index contributed by atoms with van der Waals surface area (Å²) in [6.07, 6.45) is 5.09. The maximum absolute atomic E-state index is 5.86. The molecule has 0 spiro atoms. The van der Waals surface area contributed by atoms with Gasteiger partial charge in [-0.15, -0.1) is 0 Å². The largest absolute Gasteiger partial charge is 0.371 e. The maximum Gasteiger partial charge on any atom is 0.0399 e. The third-order valence-electron chi connectivity index (χ3n) is 3.87. The van der Waals surface area contributed by atoms with Crippen molar-refractivity contribution in [2.75, 3.05) is 18.0 Å². The number of hydrogen-bond donors (Lipinski definition) is 1. The number of benzene rings is 1. The van der Waals surface area contributed by atoms with Crippen LogP contribution in [-0.4, -0.2) is 19.1 Å². The monoisotopic (exact) mass is 230 g/mol. The summed E-state index contributed by atoms with van der Waals surface area (Å²) in [5.74, 6) is 0.977. The quantitative estimate of drug-likeness (QED) is 0.860. The van der Waals surface area contributed by atoms with Crippen LogP contribution in [0.2, 0.25) is 0 Å². The SMILES string of the molecule is CC(N)Cc1ccc2c(c1)CCN2CC1CC1. The molecule has 0 saturated heterocycles. The van der Waals surface area contributed by atoms with Gasteiger partial charge >= 0.3 is 0 Å². The minimum Gasteiger partial charge on any atom is -0.371 e. The van der Waals surface area contributed by atoms with Crippen LogP contribution in [0.3, 0.4) is 0 Å². The molecule has 2 nitrogen and oxygen atoms in total. The van der Waals surface area contributed by atoms with Crippen LogP contribution >= 0.6 is 0 Å². The van der Waals surface area contributed by atoms with Gasteiger partial charge in [-0.1, -0.05) is 12.1 Å². The highest BCUT2D eigenvalue weighted by molar-refractivity contribution is 5.59. The Hall–Kier alpha value is -1.02. The lowest BCUT2D eigenvalue weighted by atomic mass is 10.0. The summed E-state index contributed by atoms with van der Waals surface area (Å²) in [5.41, 5.74) is 10.3. The van der Waals surface area contributed by atoms with Gasteiger partial charge in [0.25, 0.3) is 0 Å². The van der Waals surface area contributed by atoms with Gasteiger partial charge in [0.1, 0.15) is 0 Å². The van der Waals surface area contributed by atoms with Crippen molar-refractivity contribution in [1.29, 1.82) is 0 Å². The van der Waals surface area contributed by atoms with Gasteiger partial charge in [0.2, 0.25) is 0 Å². The van der Waals surface area contributed by atoms with Crippen LogP contribution in [0.15, 0.2) is 18.2 Å². The molecular weight excluding hydrogens is 208 g/mol. The van der Waals surface area contributed by atoms with E-state index in [9.17, 15) is 0 Å². The lowest BCUT2D eigenvalue weighted by molar-refractivity contribution is 0.737. The third-order valence-corrected chi connectivity index (χ3v) is 3.87. The Morgan fingerprint density at radius 3 is 2.94 bits per heavy atom. The highest BCUT2D eigenvalue weighted by Crippen LogP contribution is 2.35. The van der Waals surface area contributed by atoms with E-state index >= 15 is 0 Å². The summed E-state index contributed by atoms with van der Waals surface area (Å²) in [6, 6.07) is 7.19. The highest BCUT2D eigenvalue weighted by atomic mass is 15.2. The first-order chi connectivity index (χ1) is 8.22. The molecule has 1 fully saturated rings. The molecule has 17 heavy (non-hydrogen) atoms. The van der Waals surface area contributed by atoms with E-state index in [1.807, 2.05) is 0 Å². The molecule has 0 bridgehead atoms. The zero-order valence-electron chi connectivity index (χ0n) is 10.7. The first-order valence-corrected chi connectivity index (χ1v) is 6.84. The Kier molecular flexibility index (Phi) is 2.83. The van der Waals surface area contributed by atoms with Crippen LogP contribution < -0.4 is 10.6 Å². The Bertz CT molecular complexity index is 407. The standard InChI is InChI=1S/C15H22N2/c1-11(16)8-13-4-5-15-14(9-13)6-7-17(15)10-12-2-3-12/h4-5,9,11-12H,2-3,6-8,10,16H2,1H3. The molecule has 3 rings (SSSR count). The number of fused-ring (bicyclic) bond motifs is 1. The molecule has 2 N–H and O–H groups in total. The molecule has 1 aromatic rings. The van der Waals surface area contributed by atoms with E-state index in [0.29, 0.717) is 0 Å². The third kappa shape index (κ3) is 2.47. The molecule has 1 aromatic carbocycles. The van der Waals surface area contributed by atoms with Crippen molar-refractivity contribution in [2.45, 2.75) is 38.6 Å². The number of hydrogen-bond acceptors (Lipinski definition) is 2. The van der Waals surface area contributed by atoms with Gasteiger partial charge in [-0.25, -0.2) is 0 Å². The molecule has 1 unspecified atom stereocenters. The molecule has 1 atom stereocenters. The average molecular weight is 230 g/mol. The Balaban J connectivity index is 1.75. The molecule has 1 aliphatic carbocycles. The van der Waals surface area contributed by atoms with Crippen molar-refractivity contribution in [3.05, 3.63) is 29.3 Å². The fraction of sp³-hybridized carbons (Fsp3) is 0.600. The number of nitrogens with zero attached hydrogens (tertiary/aromatic N) is 1. The predicted molar refractivity (Wildman–Crippen MR) is 72.4 cm³/mol. The Labute approximate surface area is 104 Å². The van der Waals surface area contributed by atoms with Crippen LogP contribution in [0.5, 0.6) is 0 Å². The summed E-state index contributed by atoms with van der Waals surface area (Å²) >= 11 is 0. The minimum absolute atomic E-state index is 0.261. The number of anilines is 1. The van der Waals surface area contributed by atoms with Gasteiger partial charge in [-0.05, 0) is 55.7 Å². The molecular formula is C15H22N2. The molecule has 0 radical (unpaired) electrons. The average Bonchev–Trinajstić information content (AvgIpc) is 3.00. The van der Waals surface area contributed by atoms with Crippen molar-refractivity contribution in [3.63, 3.8) is 0 Å². The summed E-state index contributed by atoms with van der Waals surface area (Å²) in [4.78, 5) is 2.57. The van der Waals surface area contributed by atoms with Crippen molar-refractivity contribution in [1.82, 2.24) is 0 Å². The van der Waals surface area contributed by atoms with Gasteiger partial charge in [0.05, 0.1) is 0 Å². The van der Waals surface area contributed by atoms with E-state index in [0.717, 1.165) is 12.3 Å². The van der Waals surface area contributed by atoms with Crippen LogP contribution in [0.25, 0.3) is 0 Å². The summed E-state index contributed by atoms with van der Waals surface area (Å²) in [7, 11) is 0. The summed E-state index contributed by atoms with van der Waals surface area (Å²) < 4.78 is 0. The number of nitrogens with two attached hydrogens (primary N) is 1. The van der Waals surface area contributed by atoms with Gasteiger partial charge in [-0.3, -0.25) is 0 Å². The fourth-order valence-corrected chi connectivity index (χ4v) is 2.82. The van der Waals surface area contributed by atoms with Crippen molar-refractivity contribution in [2.24, 2.45) is 11.7 Å². The Morgan fingerprint density at radius 1 is 1.41 bits per heavy atom. The fourth-order valence-electron chi connectivity index (χ4n) is 2.82. The van der Waals surface area contributed by atoms with E-state index in [4.69, 9.17) is 5.73 Å². The van der Waals surface area contributed by atoms with Gasteiger partial charge in [0.15, 0.2) is 0 Å². The predicted octanol–water partition coefficient (Wildman–Crippen LogP) is 2.35. The molecule has 1 saturated carbocycles. The van der Waals surface area contributed by atoms with Gasteiger partial charge in [0, 0.05) is 24.8 Å². The normalized spacial score (nSPS) is 20.5. The molecule has 1 heterocycles. The zero-order valence-corrected chi connectivity index (χ0v) is 10.7. The van der Waals surface area contributed by atoms with Crippen LogP contribution in [0.1, 0.15) is 30.9 Å². The molecule has 0 aromatic heterocycles. The van der Waals surface area contributed by atoms with E-state index < -0.39 is 0 Å². The van der Waals surface area contributed by atoms with Crippen LogP contribution in [0, 0.1) is 5.92 Å². The van der Waals surface area contributed by atoms with E-state index in [-0.39, 0.29) is 6.04 Å². The van der Waals surface area contributed by atoms with E-state index in [1.54, 1.807) is 0 Å². The lowest BCUT2D eigenvalue weighted by Gasteiger charge is -2.19. The van der Waals surface area contributed by atoms with Crippen LogP contribution in [-0.2, 0) is 12.8 Å². The highest BCUT2D eigenvalue weighted by Gasteiger charge is 2.27. The summed E-state index contributed by atoms with van der Waals surface area (Å²) in [6.45, 7) is 4.57. The van der Waals surface area contributed by atoms with E-state index in [1.165, 1.54) is 49.2 Å². The molecule has 92 valence electrons. The van der Waals surface area contributed by atoms with Crippen molar-refractivity contribution < 1.29 is 0 Å². The molecule has 2 aliphatic rings. The minimum atomic E-state index is 0.261. The van der Waals surface area contributed by atoms with Crippen LogP contribution in [0.4, 0.5) is 5.69 Å². The topological polar surface area (TPSA) is 29.3 Å². The lowest BCUT2D eigenvalue weighted by Crippen LogP contribution is -2.22. The first-order valence-electron chi connectivity index (χ1n) is 6.84. The molecule has 1 aliphatic heterocycles. The van der Waals surface area contributed by atoms with E-state index in [2.05, 4.69) is 30.0 Å². The second-order valence-electron chi connectivity index (χ2n) is 5.78. The first kappa shape index (κ1) is 11.1. The van der Waals surface area contributed by atoms with Crippen molar-refractivity contribution >= 4 is 5.69 Å². The zero-order chi connectivity index (χ0) is 11.8. The molecule has 2 heteroatoms. The van der Waals surface area contributed by atoms with Gasteiger partial charge in [-0.2, -0.15) is 0 Å². The smallest absolute Gasteiger partial charge is 0.0399 e. The molecule has 0 amide bonds. The second-order valence-corrected chi connectivity index (χ2v) is 5.78. The maximum atomic E-state index is 5.86. The van der Waals surface area contributed by atoms with Crippen molar-refractivity contribution in [3.8, 4) is 0 Å².